The highest BCUT2D eigenvalue weighted by atomic mass is 32.1. The second-order valence-electron chi connectivity index (χ2n) is 7.36. The fourth-order valence-electron chi connectivity index (χ4n) is 3.82. The number of aldehydes is 1. The molecule has 0 saturated heterocycles. The lowest BCUT2D eigenvalue weighted by molar-refractivity contribution is 0.106. The molecule has 2 aromatic carbocycles. The number of hydrogen-bond donors (Lipinski definition) is 0. The minimum absolute atomic E-state index is 0.0669. The Bertz CT molecular complexity index is 1170. The largest absolute Gasteiger partial charge is 0.497 e. The molecule has 1 aliphatic heterocycles. The summed E-state index contributed by atoms with van der Waals surface area (Å²) in [5.74, 6) is 1.48. The van der Waals surface area contributed by atoms with Crippen LogP contribution >= 0.6 is 11.3 Å². The van der Waals surface area contributed by atoms with Crippen LogP contribution in [0, 0.1) is 0 Å². The van der Waals surface area contributed by atoms with Crippen molar-refractivity contribution in [3.05, 3.63) is 87.6 Å². The van der Waals surface area contributed by atoms with E-state index in [-0.39, 0.29) is 11.7 Å². The molecule has 3 aromatic rings. The Hall–Kier alpha value is -3.51. The van der Waals surface area contributed by atoms with E-state index in [2.05, 4.69) is 17.1 Å². The van der Waals surface area contributed by atoms with Crippen molar-refractivity contribution >= 4 is 34.7 Å². The minimum Gasteiger partial charge on any atom is -0.497 e. The summed E-state index contributed by atoms with van der Waals surface area (Å²) < 4.78 is 10.6. The molecular formula is C26H23NO4S. The number of methoxy groups -OCH3 is 2. The summed E-state index contributed by atoms with van der Waals surface area (Å²) in [5.41, 5.74) is 3.57. The van der Waals surface area contributed by atoms with Crippen molar-refractivity contribution < 1.29 is 19.1 Å². The molecule has 32 heavy (non-hydrogen) atoms. The molecule has 1 aromatic heterocycles. The van der Waals surface area contributed by atoms with Gasteiger partial charge in [-0.2, -0.15) is 0 Å². The van der Waals surface area contributed by atoms with Crippen LogP contribution in [0.25, 0.3) is 5.57 Å². The van der Waals surface area contributed by atoms with Crippen LogP contribution < -0.4 is 9.47 Å². The SMILES string of the molecule is COc1ccc(C2=CC(C(=O)c3ccc(C=O)s3)=NCCC2c2ccc(OC)cc2)cc1. The lowest BCUT2D eigenvalue weighted by Gasteiger charge is -2.20. The van der Waals surface area contributed by atoms with Crippen LogP contribution in [0.15, 0.2) is 71.7 Å². The molecule has 4 rings (SSSR count). The van der Waals surface area contributed by atoms with Crippen molar-refractivity contribution in [3.63, 3.8) is 0 Å². The van der Waals surface area contributed by atoms with E-state index in [9.17, 15) is 9.59 Å². The van der Waals surface area contributed by atoms with Crippen LogP contribution in [0.5, 0.6) is 11.5 Å². The molecule has 0 saturated carbocycles. The number of hydrogen-bond acceptors (Lipinski definition) is 6. The molecule has 1 unspecified atom stereocenters. The summed E-state index contributed by atoms with van der Waals surface area (Å²) in [4.78, 5) is 29.9. The quantitative estimate of drug-likeness (QED) is 0.357. The zero-order chi connectivity index (χ0) is 22.5. The average Bonchev–Trinajstić information content (AvgIpc) is 3.23. The fraction of sp³-hybridized carbons (Fsp3) is 0.192. The molecule has 5 nitrogen and oxygen atoms in total. The zero-order valence-corrected chi connectivity index (χ0v) is 18.7. The third-order valence-corrected chi connectivity index (χ3v) is 6.52. The van der Waals surface area contributed by atoms with E-state index in [4.69, 9.17) is 9.47 Å². The van der Waals surface area contributed by atoms with Crippen LogP contribution in [0.2, 0.25) is 0 Å². The second kappa shape index (κ2) is 9.75. The number of aliphatic imine (C=N–C) groups is 1. The Morgan fingerprint density at radius 3 is 2.22 bits per heavy atom. The Labute approximate surface area is 191 Å². The third kappa shape index (κ3) is 4.55. The summed E-state index contributed by atoms with van der Waals surface area (Å²) in [6.45, 7) is 0.528. The average molecular weight is 446 g/mol. The standard InChI is InChI=1S/C26H23NO4S/c1-30-19-7-3-17(4-8-19)22-13-14-27-24(26(29)25-12-11-21(16-28)32-25)15-23(22)18-5-9-20(31-2)10-6-18/h3-12,15-16,22H,13-14H2,1-2H3. The van der Waals surface area contributed by atoms with Gasteiger partial charge in [-0.25, -0.2) is 0 Å². The van der Waals surface area contributed by atoms with Gasteiger partial charge in [0, 0.05) is 12.5 Å². The predicted octanol–water partition coefficient (Wildman–Crippen LogP) is 5.47. The van der Waals surface area contributed by atoms with E-state index >= 15 is 0 Å². The van der Waals surface area contributed by atoms with Crippen LogP contribution in [0.4, 0.5) is 0 Å². The van der Waals surface area contributed by atoms with Crippen molar-refractivity contribution in [1.82, 2.24) is 0 Å². The molecule has 0 spiro atoms. The first-order valence-corrected chi connectivity index (χ1v) is 11.1. The zero-order valence-electron chi connectivity index (χ0n) is 17.9. The maximum Gasteiger partial charge on any atom is 0.220 e. The number of carbonyl (C=O) groups is 2. The molecular weight excluding hydrogens is 422 g/mol. The van der Waals surface area contributed by atoms with E-state index in [0.29, 0.717) is 22.0 Å². The van der Waals surface area contributed by atoms with E-state index in [0.717, 1.165) is 40.9 Å². The first-order valence-electron chi connectivity index (χ1n) is 10.3. The summed E-state index contributed by atoms with van der Waals surface area (Å²) in [5, 5.41) is 0. The number of ether oxygens (including phenoxy) is 2. The number of Topliss-reactive ketones (excluding diaryl/α,β-unsaturated/α-hetero) is 1. The number of nitrogens with zero attached hydrogens (tertiary/aromatic N) is 1. The Balaban J connectivity index is 1.76. The van der Waals surface area contributed by atoms with E-state index < -0.39 is 0 Å². The van der Waals surface area contributed by atoms with E-state index in [1.807, 2.05) is 42.5 Å². The second-order valence-corrected chi connectivity index (χ2v) is 8.47. The highest BCUT2D eigenvalue weighted by Crippen LogP contribution is 2.38. The summed E-state index contributed by atoms with van der Waals surface area (Å²) in [7, 11) is 3.29. The molecule has 1 atom stereocenters. The van der Waals surface area contributed by atoms with Crippen LogP contribution in [-0.4, -0.2) is 38.5 Å². The Morgan fingerprint density at radius 2 is 1.62 bits per heavy atom. The maximum absolute atomic E-state index is 13.2. The molecule has 2 heterocycles. The van der Waals surface area contributed by atoms with E-state index in [1.54, 1.807) is 26.4 Å². The molecule has 0 amide bonds. The molecule has 0 radical (unpaired) electrons. The molecule has 162 valence electrons. The van der Waals surface area contributed by atoms with Crippen molar-refractivity contribution in [2.75, 3.05) is 20.8 Å². The third-order valence-electron chi connectivity index (χ3n) is 5.51. The first kappa shape index (κ1) is 21.7. The van der Waals surface area contributed by atoms with Gasteiger partial charge in [0.15, 0.2) is 6.29 Å². The van der Waals surface area contributed by atoms with Crippen molar-refractivity contribution in [2.45, 2.75) is 12.3 Å². The topological polar surface area (TPSA) is 65.0 Å². The van der Waals surface area contributed by atoms with Gasteiger partial charge < -0.3 is 9.47 Å². The predicted molar refractivity (Wildman–Crippen MR) is 128 cm³/mol. The van der Waals surface area contributed by atoms with Gasteiger partial charge in [-0.15, -0.1) is 11.3 Å². The lowest BCUT2D eigenvalue weighted by Crippen LogP contribution is -2.11. The highest BCUT2D eigenvalue weighted by Gasteiger charge is 2.24. The number of benzene rings is 2. The lowest BCUT2D eigenvalue weighted by atomic mass is 9.84. The van der Waals surface area contributed by atoms with Crippen LogP contribution in [0.3, 0.4) is 0 Å². The minimum atomic E-state index is -0.163. The highest BCUT2D eigenvalue weighted by molar-refractivity contribution is 7.16. The number of allylic oxidation sites excluding steroid dienone is 2. The monoisotopic (exact) mass is 445 g/mol. The number of carbonyl (C=O) groups excluding carboxylic acids is 2. The molecule has 6 heteroatoms. The summed E-state index contributed by atoms with van der Waals surface area (Å²) in [6.07, 6.45) is 3.42. The first-order chi connectivity index (χ1) is 15.6. The van der Waals surface area contributed by atoms with Crippen molar-refractivity contribution in [3.8, 4) is 11.5 Å². The Morgan fingerprint density at radius 1 is 0.969 bits per heavy atom. The summed E-state index contributed by atoms with van der Waals surface area (Å²) in [6, 6.07) is 19.2. The van der Waals surface area contributed by atoms with Gasteiger partial charge in [0.1, 0.15) is 17.2 Å². The molecule has 0 N–H and O–H groups in total. The molecule has 0 bridgehead atoms. The van der Waals surface area contributed by atoms with Crippen molar-refractivity contribution in [1.29, 1.82) is 0 Å². The van der Waals surface area contributed by atoms with Crippen LogP contribution in [0.1, 0.15) is 42.8 Å². The number of rotatable bonds is 7. The van der Waals surface area contributed by atoms with E-state index in [1.165, 1.54) is 11.3 Å². The van der Waals surface area contributed by atoms with Gasteiger partial charge in [0.2, 0.25) is 5.78 Å². The maximum atomic E-state index is 13.2. The van der Waals surface area contributed by atoms with Gasteiger partial charge in [0.05, 0.1) is 24.0 Å². The molecule has 0 fully saturated rings. The van der Waals surface area contributed by atoms with Gasteiger partial charge in [-0.1, -0.05) is 24.3 Å². The Kier molecular flexibility index (Phi) is 6.61. The smallest absolute Gasteiger partial charge is 0.220 e. The molecule has 0 aliphatic carbocycles. The number of thiophene rings is 1. The van der Waals surface area contributed by atoms with Gasteiger partial charge >= 0.3 is 0 Å². The van der Waals surface area contributed by atoms with Gasteiger partial charge in [-0.3, -0.25) is 14.6 Å². The van der Waals surface area contributed by atoms with Crippen molar-refractivity contribution in [2.24, 2.45) is 4.99 Å². The summed E-state index contributed by atoms with van der Waals surface area (Å²) >= 11 is 1.19. The molecule has 1 aliphatic rings. The van der Waals surface area contributed by atoms with Gasteiger partial charge in [0.25, 0.3) is 0 Å². The fourth-order valence-corrected chi connectivity index (χ4v) is 4.59. The van der Waals surface area contributed by atoms with Gasteiger partial charge in [-0.05, 0) is 65.6 Å². The normalized spacial score (nSPS) is 15.9. The number of ketones is 1. The van der Waals surface area contributed by atoms with Crippen LogP contribution in [-0.2, 0) is 0 Å².